The number of rotatable bonds is 12. The maximum absolute atomic E-state index is 14.1. The van der Waals surface area contributed by atoms with Gasteiger partial charge in [0, 0.05) is 12.6 Å². The molecule has 0 bridgehead atoms. The zero-order chi connectivity index (χ0) is 28.6. The van der Waals surface area contributed by atoms with Crippen molar-refractivity contribution >= 4 is 27.5 Å². The van der Waals surface area contributed by atoms with Crippen molar-refractivity contribution in [3.05, 3.63) is 95.6 Å². The zero-order valence-electron chi connectivity index (χ0n) is 23.4. The van der Waals surface area contributed by atoms with Crippen LogP contribution in [0.2, 0.25) is 0 Å². The molecule has 0 heterocycles. The molecule has 2 amide bonds. The lowest BCUT2D eigenvalue weighted by atomic mass is 10.1. The number of aryl methyl sites for hydroxylation is 2. The Morgan fingerprint density at radius 2 is 1.46 bits per heavy atom. The quantitative estimate of drug-likeness (QED) is 0.336. The second kappa shape index (κ2) is 13.4. The molecule has 208 valence electrons. The van der Waals surface area contributed by atoms with E-state index >= 15 is 0 Å². The van der Waals surface area contributed by atoms with Gasteiger partial charge in [-0.2, -0.15) is 0 Å². The summed E-state index contributed by atoms with van der Waals surface area (Å²) in [6, 6.07) is 22.0. The highest BCUT2D eigenvalue weighted by molar-refractivity contribution is 7.92. The Morgan fingerprint density at radius 1 is 0.846 bits per heavy atom. The number of hydrogen-bond acceptors (Lipinski definition) is 4. The second-order valence-corrected chi connectivity index (χ2v) is 11.7. The molecule has 3 aromatic carbocycles. The predicted octanol–water partition coefficient (Wildman–Crippen LogP) is 5.22. The highest BCUT2D eigenvalue weighted by atomic mass is 32.2. The molecule has 0 unspecified atom stereocenters. The molecule has 39 heavy (non-hydrogen) atoms. The smallest absolute Gasteiger partial charge is 0.264 e. The van der Waals surface area contributed by atoms with E-state index in [1.54, 1.807) is 30.3 Å². The van der Waals surface area contributed by atoms with Gasteiger partial charge in [-0.3, -0.25) is 13.9 Å². The summed E-state index contributed by atoms with van der Waals surface area (Å²) in [5, 5.41) is 2.99. The van der Waals surface area contributed by atoms with Gasteiger partial charge in [-0.15, -0.1) is 0 Å². The lowest BCUT2D eigenvalue weighted by Gasteiger charge is -2.33. The molecule has 0 fully saturated rings. The highest BCUT2D eigenvalue weighted by Gasteiger charge is 2.34. The maximum atomic E-state index is 14.1. The molecule has 3 aromatic rings. The normalized spacial score (nSPS) is 12.8. The van der Waals surface area contributed by atoms with Crippen LogP contribution in [-0.4, -0.2) is 43.8 Å². The topological polar surface area (TPSA) is 86.8 Å². The van der Waals surface area contributed by atoms with E-state index in [-0.39, 0.29) is 23.4 Å². The lowest BCUT2D eigenvalue weighted by molar-refractivity contribution is -0.140. The standard InChI is InChI=1S/C31H39N3O4S/c1-6-25(5)32-31(36)29(7-2)33(21-26-14-10-8-11-15-26)30(35)22-34(27-19-18-23(3)24(4)20-27)39(37,38)28-16-12-9-13-17-28/h8-20,25,29H,6-7,21-22H2,1-5H3,(H,32,36)/t25-,29-/m1/s1. The van der Waals surface area contributed by atoms with Crippen molar-refractivity contribution in [3.8, 4) is 0 Å². The minimum atomic E-state index is -4.08. The molecule has 0 saturated carbocycles. The van der Waals surface area contributed by atoms with Gasteiger partial charge in [0.1, 0.15) is 12.6 Å². The third-order valence-corrected chi connectivity index (χ3v) is 8.76. The highest BCUT2D eigenvalue weighted by Crippen LogP contribution is 2.26. The van der Waals surface area contributed by atoms with E-state index in [9.17, 15) is 18.0 Å². The molecule has 0 aromatic heterocycles. The number of sulfonamides is 1. The average molecular weight is 550 g/mol. The Labute approximate surface area is 232 Å². The lowest BCUT2D eigenvalue weighted by Crippen LogP contribution is -2.53. The van der Waals surface area contributed by atoms with Crippen LogP contribution in [-0.2, 0) is 26.2 Å². The van der Waals surface area contributed by atoms with E-state index < -0.39 is 28.5 Å². The van der Waals surface area contributed by atoms with Crippen molar-refractivity contribution in [1.82, 2.24) is 10.2 Å². The Hall–Kier alpha value is -3.65. The molecular weight excluding hydrogens is 510 g/mol. The summed E-state index contributed by atoms with van der Waals surface area (Å²) >= 11 is 0. The van der Waals surface area contributed by atoms with Crippen LogP contribution >= 0.6 is 0 Å². The number of amides is 2. The molecule has 0 aliphatic carbocycles. The number of hydrogen-bond donors (Lipinski definition) is 1. The van der Waals surface area contributed by atoms with Gasteiger partial charge >= 0.3 is 0 Å². The molecule has 2 atom stereocenters. The van der Waals surface area contributed by atoms with Crippen LogP contribution in [0, 0.1) is 13.8 Å². The van der Waals surface area contributed by atoms with Crippen LogP contribution in [0.5, 0.6) is 0 Å². The van der Waals surface area contributed by atoms with Crippen molar-refractivity contribution in [3.63, 3.8) is 0 Å². The minimum absolute atomic E-state index is 0.0503. The molecule has 0 spiro atoms. The van der Waals surface area contributed by atoms with Crippen LogP contribution in [0.25, 0.3) is 0 Å². The fraction of sp³-hybridized carbons (Fsp3) is 0.355. The second-order valence-electron chi connectivity index (χ2n) is 9.84. The predicted molar refractivity (Wildman–Crippen MR) is 156 cm³/mol. The molecule has 0 saturated heterocycles. The van der Waals surface area contributed by atoms with Gasteiger partial charge in [0.05, 0.1) is 10.6 Å². The molecule has 0 aliphatic heterocycles. The van der Waals surface area contributed by atoms with E-state index in [0.29, 0.717) is 12.1 Å². The Morgan fingerprint density at radius 3 is 2.03 bits per heavy atom. The van der Waals surface area contributed by atoms with Crippen molar-refractivity contribution in [2.24, 2.45) is 0 Å². The van der Waals surface area contributed by atoms with Crippen LogP contribution in [0.3, 0.4) is 0 Å². The third-order valence-electron chi connectivity index (χ3n) is 6.97. The van der Waals surface area contributed by atoms with Crippen LogP contribution in [0.4, 0.5) is 5.69 Å². The summed E-state index contributed by atoms with van der Waals surface area (Å²) in [4.78, 5) is 29.0. The first kappa shape index (κ1) is 29.9. The zero-order valence-corrected chi connectivity index (χ0v) is 24.2. The van der Waals surface area contributed by atoms with Gasteiger partial charge in [0.2, 0.25) is 11.8 Å². The number of carbonyl (C=O) groups excluding carboxylic acids is 2. The Kier molecular flexibility index (Phi) is 10.3. The molecule has 1 N–H and O–H groups in total. The number of carbonyl (C=O) groups is 2. The molecule has 8 heteroatoms. The summed E-state index contributed by atoms with van der Waals surface area (Å²) in [6.07, 6.45) is 1.14. The van der Waals surface area contributed by atoms with Crippen LogP contribution in [0.1, 0.15) is 50.3 Å². The van der Waals surface area contributed by atoms with E-state index in [2.05, 4.69) is 5.32 Å². The first-order valence-electron chi connectivity index (χ1n) is 13.4. The summed E-state index contributed by atoms with van der Waals surface area (Å²) in [6.45, 7) is 9.34. The van der Waals surface area contributed by atoms with E-state index in [4.69, 9.17) is 0 Å². The number of benzene rings is 3. The summed E-state index contributed by atoms with van der Waals surface area (Å²) in [5.74, 6) is -0.706. The Balaban J connectivity index is 2.06. The summed E-state index contributed by atoms with van der Waals surface area (Å²) < 4.78 is 28.9. The van der Waals surface area contributed by atoms with E-state index in [1.165, 1.54) is 17.0 Å². The van der Waals surface area contributed by atoms with Gasteiger partial charge in [-0.1, -0.05) is 68.4 Å². The molecule has 7 nitrogen and oxygen atoms in total. The van der Waals surface area contributed by atoms with Gasteiger partial charge in [-0.25, -0.2) is 8.42 Å². The van der Waals surface area contributed by atoms with Crippen molar-refractivity contribution in [2.75, 3.05) is 10.8 Å². The van der Waals surface area contributed by atoms with Gasteiger partial charge in [0.15, 0.2) is 0 Å². The van der Waals surface area contributed by atoms with E-state index in [1.807, 2.05) is 71.0 Å². The number of nitrogens with zero attached hydrogens (tertiary/aromatic N) is 2. The maximum Gasteiger partial charge on any atom is 0.264 e. The monoisotopic (exact) mass is 549 g/mol. The third kappa shape index (κ3) is 7.47. The van der Waals surface area contributed by atoms with Crippen molar-refractivity contribution in [1.29, 1.82) is 0 Å². The van der Waals surface area contributed by atoms with Crippen molar-refractivity contribution in [2.45, 2.75) is 71.0 Å². The first-order chi connectivity index (χ1) is 18.6. The average Bonchev–Trinajstić information content (AvgIpc) is 2.93. The van der Waals surface area contributed by atoms with Gasteiger partial charge < -0.3 is 10.2 Å². The van der Waals surface area contributed by atoms with Gasteiger partial charge in [-0.05, 0) is 74.6 Å². The molecular formula is C31H39N3O4S. The molecule has 0 aliphatic rings. The molecule has 0 radical (unpaired) electrons. The number of nitrogens with one attached hydrogen (secondary N) is 1. The number of anilines is 1. The van der Waals surface area contributed by atoms with Crippen LogP contribution < -0.4 is 9.62 Å². The Bertz CT molecular complexity index is 1360. The molecule has 3 rings (SSSR count). The van der Waals surface area contributed by atoms with Crippen LogP contribution in [0.15, 0.2) is 83.8 Å². The minimum Gasteiger partial charge on any atom is -0.352 e. The van der Waals surface area contributed by atoms with Gasteiger partial charge in [0.25, 0.3) is 10.0 Å². The fourth-order valence-electron chi connectivity index (χ4n) is 4.27. The first-order valence-corrected chi connectivity index (χ1v) is 14.8. The SMILES string of the molecule is CC[C@@H](C)NC(=O)[C@@H](CC)N(Cc1ccccc1)C(=O)CN(c1ccc(C)c(C)c1)S(=O)(=O)c1ccccc1. The fourth-order valence-corrected chi connectivity index (χ4v) is 5.70. The van der Waals surface area contributed by atoms with E-state index in [0.717, 1.165) is 27.4 Å². The largest absolute Gasteiger partial charge is 0.352 e. The summed E-state index contributed by atoms with van der Waals surface area (Å²) in [7, 11) is -4.08. The van der Waals surface area contributed by atoms with Crippen molar-refractivity contribution < 1.29 is 18.0 Å². The summed E-state index contributed by atoms with van der Waals surface area (Å²) in [5.41, 5.74) is 3.17.